The Morgan fingerprint density at radius 2 is 1.77 bits per heavy atom. The molecule has 1 aromatic heterocycles. The van der Waals surface area contributed by atoms with E-state index in [1.165, 1.54) is 0 Å². The first-order valence-electron chi connectivity index (χ1n) is 10.1. The number of imidazole rings is 1. The Balaban J connectivity index is 1.92. The van der Waals surface area contributed by atoms with E-state index in [1.807, 2.05) is 24.5 Å². The lowest BCUT2D eigenvalue weighted by Crippen LogP contribution is -2.35. The van der Waals surface area contributed by atoms with Crippen LogP contribution in [0.15, 0.2) is 36.4 Å². The standard InChI is InChI=1S/C23H27N3O5/c1-6-25-15(3)26(19-12-16(8-10-18(19)25)23(28)31-7-2)14-22(27)24-17-9-11-20(29-4)21(13-17)30-5/h8-13H,6-7,14H2,1-5H3/p+1. The Morgan fingerprint density at radius 3 is 2.42 bits per heavy atom. The number of amides is 1. The smallest absolute Gasteiger partial charge is 0.338 e. The van der Waals surface area contributed by atoms with Gasteiger partial charge in [-0.15, -0.1) is 0 Å². The number of hydrogen-bond donors (Lipinski definition) is 1. The monoisotopic (exact) mass is 426 g/mol. The molecule has 0 atom stereocenters. The summed E-state index contributed by atoms with van der Waals surface area (Å²) in [5.74, 6) is 1.46. The number of methoxy groups -OCH3 is 2. The van der Waals surface area contributed by atoms with Crippen molar-refractivity contribution in [3.63, 3.8) is 0 Å². The van der Waals surface area contributed by atoms with E-state index < -0.39 is 0 Å². The van der Waals surface area contributed by atoms with Crippen LogP contribution < -0.4 is 19.4 Å². The van der Waals surface area contributed by atoms with Gasteiger partial charge in [-0.3, -0.25) is 4.79 Å². The van der Waals surface area contributed by atoms with Crippen molar-refractivity contribution < 1.29 is 28.4 Å². The number of fused-ring (bicyclic) bond motifs is 1. The molecule has 1 amide bonds. The largest absolute Gasteiger partial charge is 0.493 e. The minimum absolute atomic E-state index is 0.0932. The summed E-state index contributed by atoms with van der Waals surface area (Å²) in [6, 6.07) is 10.6. The summed E-state index contributed by atoms with van der Waals surface area (Å²) in [7, 11) is 3.10. The van der Waals surface area contributed by atoms with Crippen molar-refractivity contribution in [2.45, 2.75) is 33.9 Å². The molecule has 0 aliphatic rings. The number of ether oxygens (including phenoxy) is 3. The van der Waals surface area contributed by atoms with Crippen LogP contribution >= 0.6 is 0 Å². The van der Waals surface area contributed by atoms with Crippen LogP contribution in [0, 0.1) is 6.92 Å². The van der Waals surface area contributed by atoms with Crippen LogP contribution in [0.2, 0.25) is 0 Å². The maximum atomic E-state index is 12.8. The van der Waals surface area contributed by atoms with E-state index in [-0.39, 0.29) is 18.4 Å². The van der Waals surface area contributed by atoms with E-state index in [9.17, 15) is 9.59 Å². The molecule has 0 saturated heterocycles. The Morgan fingerprint density at radius 1 is 1.03 bits per heavy atom. The molecule has 0 radical (unpaired) electrons. The molecule has 8 heteroatoms. The van der Waals surface area contributed by atoms with E-state index in [1.54, 1.807) is 51.5 Å². The van der Waals surface area contributed by atoms with Crippen LogP contribution in [0.5, 0.6) is 11.5 Å². The average molecular weight is 426 g/mol. The molecule has 0 spiro atoms. The van der Waals surface area contributed by atoms with Gasteiger partial charge < -0.3 is 19.5 Å². The third-order valence-electron chi connectivity index (χ3n) is 5.13. The molecule has 8 nitrogen and oxygen atoms in total. The summed E-state index contributed by atoms with van der Waals surface area (Å²) in [4.78, 5) is 25.0. The fourth-order valence-electron chi connectivity index (χ4n) is 3.66. The second-order valence-electron chi connectivity index (χ2n) is 6.92. The summed E-state index contributed by atoms with van der Waals surface area (Å²) in [6.45, 7) is 6.91. The van der Waals surface area contributed by atoms with Crippen LogP contribution in [0.4, 0.5) is 5.69 Å². The molecule has 3 aromatic rings. The third kappa shape index (κ3) is 4.47. The number of anilines is 1. The maximum absolute atomic E-state index is 12.8. The number of hydrogen-bond acceptors (Lipinski definition) is 5. The molecule has 1 heterocycles. The first kappa shape index (κ1) is 22.1. The van der Waals surface area contributed by atoms with Gasteiger partial charge in [-0.2, -0.15) is 0 Å². The highest BCUT2D eigenvalue weighted by molar-refractivity contribution is 5.94. The Labute approximate surface area is 181 Å². The van der Waals surface area contributed by atoms with Gasteiger partial charge in [-0.1, -0.05) is 0 Å². The molecule has 1 N–H and O–H groups in total. The molecule has 3 rings (SSSR count). The number of nitrogens with one attached hydrogen (secondary N) is 1. The summed E-state index contributed by atoms with van der Waals surface area (Å²) in [5.41, 5.74) is 2.81. The average Bonchev–Trinajstić information content (AvgIpc) is 3.03. The molecule has 0 fully saturated rings. The minimum Gasteiger partial charge on any atom is -0.493 e. The van der Waals surface area contributed by atoms with Crippen molar-refractivity contribution in [1.29, 1.82) is 0 Å². The van der Waals surface area contributed by atoms with Crippen LogP contribution in [-0.4, -0.2) is 37.3 Å². The summed E-state index contributed by atoms with van der Waals surface area (Å²) < 4.78 is 19.7. The first-order chi connectivity index (χ1) is 14.9. The molecule has 2 aromatic carbocycles. The van der Waals surface area contributed by atoms with Gasteiger partial charge in [0.15, 0.2) is 29.1 Å². The van der Waals surface area contributed by atoms with Gasteiger partial charge in [0, 0.05) is 24.7 Å². The molecule has 0 aliphatic carbocycles. The molecular weight excluding hydrogens is 398 g/mol. The fourth-order valence-corrected chi connectivity index (χ4v) is 3.66. The zero-order valence-corrected chi connectivity index (χ0v) is 18.5. The van der Waals surface area contributed by atoms with E-state index in [2.05, 4.69) is 9.88 Å². The van der Waals surface area contributed by atoms with Crippen LogP contribution in [0.1, 0.15) is 30.0 Å². The second-order valence-corrected chi connectivity index (χ2v) is 6.92. The Bertz CT molecular complexity index is 1120. The van der Waals surface area contributed by atoms with Gasteiger partial charge in [0.2, 0.25) is 0 Å². The molecule has 0 saturated carbocycles. The van der Waals surface area contributed by atoms with Crippen LogP contribution in [0.25, 0.3) is 11.0 Å². The van der Waals surface area contributed by atoms with Gasteiger partial charge in [-0.25, -0.2) is 13.9 Å². The van der Waals surface area contributed by atoms with Crippen LogP contribution in [-0.2, 0) is 22.6 Å². The summed E-state index contributed by atoms with van der Waals surface area (Å²) in [5, 5.41) is 2.90. The van der Waals surface area contributed by atoms with Crippen molar-refractivity contribution >= 4 is 28.6 Å². The second kappa shape index (κ2) is 9.51. The molecule has 0 bridgehead atoms. The zero-order chi connectivity index (χ0) is 22.5. The van der Waals surface area contributed by atoms with E-state index in [0.29, 0.717) is 29.4 Å². The van der Waals surface area contributed by atoms with E-state index >= 15 is 0 Å². The number of aryl methyl sites for hydroxylation is 1. The fraction of sp³-hybridized carbons (Fsp3) is 0.348. The summed E-state index contributed by atoms with van der Waals surface area (Å²) >= 11 is 0. The number of aromatic nitrogens is 2. The lowest BCUT2D eigenvalue weighted by Gasteiger charge is -2.10. The highest BCUT2D eigenvalue weighted by atomic mass is 16.5. The van der Waals surface area contributed by atoms with Gasteiger partial charge in [-0.05, 0) is 38.1 Å². The van der Waals surface area contributed by atoms with E-state index in [4.69, 9.17) is 14.2 Å². The number of esters is 1. The third-order valence-corrected chi connectivity index (χ3v) is 5.13. The number of benzene rings is 2. The quantitative estimate of drug-likeness (QED) is 0.442. The van der Waals surface area contributed by atoms with Crippen molar-refractivity contribution in [3.05, 3.63) is 47.8 Å². The predicted octanol–water partition coefficient (Wildman–Crippen LogP) is 3.09. The van der Waals surface area contributed by atoms with E-state index in [0.717, 1.165) is 23.4 Å². The number of carbonyl (C=O) groups excluding carboxylic acids is 2. The van der Waals surface area contributed by atoms with Gasteiger partial charge >= 0.3 is 5.97 Å². The van der Waals surface area contributed by atoms with Crippen molar-refractivity contribution in [2.24, 2.45) is 0 Å². The number of nitrogens with zero attached hydrogens (tertiary/aromatic N) is 2. The lowest BCUT2D eigenvalue weighted by atomic mass is 10.2. The maximum Gasteiger partial charge on any atom is 0.338 e. The molecule has 31 heavy (non-hydrogen) atoms. The molecular formula is C23H28N3O5+. The number of rotatable bonds is 8. The van der Waals surface area contributed by atoms with Crippen molar-refractivity contribution in [2.75, 3.05) is 26.1 Å². The normalized spacial score (nSPS) is 10.7. The topological polar surface area (TPSA) is 82.7 Å². The van der Waals surface area contributed by atoms with Crippen LogP contribution in [0.3, 0.4) is 0 Å². The number of carbonyl (C=O) groups is 2. The lowest BCUT2D eigenvalue weighted by molar-refractivity contribution is -0.674. The molecule has 164 valence electrons. The first-order valence-corrected chi connectivity index (χ1v) is 10.1. The zero-order valence-electron chi connectivity index (χ0n) is 18.5. The molecule has 0 aliphatic heterocycles. The highest BCUT2D eigenvalue weighted by Crippen LogP contribution is 2.29. The minimum atomic E-state index is -0.382. The van der Waals surface area contributed by atoms with Gasteiger partial charge in [0.25, 0.3) is 11.7 Å². The van der Waals surface area contributed by atoms with Crippen molar-refractivity contribution in [1.82, 2.24) is 4.57 Å². The SMILES string of the molecule is CCOC(=O)c1ccc2c(c1)n(CC(=O)Nc1ccc(OC)c(OC)c1)c(C)[n+]2CC. The Kier molecular flexibility index (Phi) is 6.79. The Hall–Kier alpha value is -3.55. The highest BCUT2D eigenvalue weighted by Gasteiger charge is 2.24. The van der Waals surface area contributed by atoms with Gasteiger partial charge in [0.05, 0.1) is 32.9 Å². The summed E-state index contributed by atoms with van der Waals surface area (Å²) in [6.07, 6.45) is 0. The van der Waals surface area contributed by atoms with Gasteiger partial charge in [0.1, 0.15) is 0 Å². The predicted molar refractivity (Wildman–Crippen MR) is 117 cm³/mol. The van der Waals surface area contributed by atoms with Crippen molar-refractivity contribution in [3.8, 4) is 11.5 Å². The molecule has 0 unspecified atom stereocenters.